The highest BCUT2D eigenvalue weighted by atomic mass is 79.9. The molecule has 1 unspecified atom stereocenters. The van der Waals surface area contributed by atoms with Crippen LogP contribution < -0.4 is 0 Å². The fourth-order valence-electron chi connectivity index (χ4n) is 1.48. The van der Waals surface area contributed by atoms with Crippen LogP contribution in [0.25, 0.3) is 0 Å². The van der Waals surface area contributed by atoms with E-state index in [4.69, 9.17) is 0 Å². The fraction of sp³-hybridized carbons (Fsp3) is 0.182. The molecule has 0 saturated carbocycles. The summed E-state index contributed by atoms with van der Waals surface area (Å²) in [6.45, 7) is 2.15. The summed E-state index contributed by atoms with van der Waals surface area (Å²) in [5, 5.41) is 0. The molecule has 0 spiro atoms. The normalized spacial score (nSPS) is 12.7. The average molecular weight is 251 g/mol. The van der Waals surface area contributed by atoms with Gasteiger partial charge in [0.25, 0.3) is 0 Å². The Morgan fingerprint density at radius 2 is 2.00 bits per heavy atom. The van der Waals surface area contributed by atoms with E-state index in [1.54, 1.807) is 6.20 Å². The third-order valence-electron chi connectivity index (χ3n) is 2.32. The zero-order chi connectivity index (χ0) is 9.97. The van der Waals surface area contributed by atoms with Crippen molar-refractivity contribution in [2.45, 2.75) is 13.0 Å². The number of benzene rings is 1. The van der Waals surface area contributed by atoms with Gasteiger partial charge < -0.3 is 4.57 Å². The van der Waals surface area contributed by atoms with E-state index < -0.39 is 0 Å². The number of rotatable bonds is 2. The van der Waals surface area contributed by atoms with Crippen LogP contribution in [0.5, 0.6) is 0 Å². The van der Waals surface area contributed by atoms with Crippen LogP contribution >= 0.6 is 15.9 Å². The molecule has 1 atom stereocenters. The first-order valence-corrected chi connectivity index (χ1v) is 5.31. The summed E-state index contributed by atoms with van der Waals surface area (Å²) in [4.78, 5) is 4.14. The first-order chi connectivity index (χ1) is 6.79. The van der Waals surface area contributed by atoms with Gasteiger partial charge in [-0.2, -0.15) is 0 Å². The number of nitrogens with zero attached hydrogens (tertiary/aromatic N) is 2. The van der Waals surface area contributed by atoms with Crippen LogP contribution in [0, 0.1) is 0 Å². The Bertz CT molecular complexity index is 408. The van der Waals surface area contributed by atoms with Crippen molar-refractivity contribution in [3.63, 3.8) is 0 Å². The van der Waals surface area contributed by atoms with Crippen LogP contribution in [0.15, 0.2) is 47.5 Å². The van der Waals surface area contributed by atoms with Crippen LogP contribution in [-0.4, -0.2) is 9.55 Å². The molecule has 0 N–H and O–H groups in total. The molecule has 2 aromatic rings. The number of hydrogen-bond acceptors (Lipinski definition) is 1. The molecule has 0 bridgehead atoms. The molecule has 0 amide bonds. The number of halogens is 1. The van der Waals surface area contributed by atoms with Gasteiger partial charge in [0, 0.05) is 12.4 Å². The summed E-state index contributed by atoms with van der Waals surface area (Å²) in [5.41, 5.74) is 1.28. The van der Waals surface area contributed by atoms with Gasteiger partial charge in [0.2, 0.25) is 0 Å². The van der Waals surface area contributed by atoms with Crippen molar-refractivity contribution in [3.05, 3.63) is 53.0 Å². The molecule has 0 fully saturated rings. The first-order valence-electron chi connectivity index (χ1n) is 4.52. The second kappa shape index (κ2) is 3.96. The third-order valence-corrected chi connectivity index (χ3v) is 2.93. The second-order valence-electron chi connectivity index (χ2n) is 3.19. The van der Waals surface area contributed by atoms with E-state index in [1.165, 1.54) is 5.56 Å². The third kappa shape index (κ3) is 1.73. The van der Waals surface area contributed by atoms with Crippen molar-refractivity contribution < 1.29 is 0 Å². The standard InChI is InChI=1S/C11H11BrN2/c1-9(10-5-3-2-4-6-10)14-8-7-13-11(14)12/h2-9H,1H3. The SMILES string of the molecule is CC(c1ccccc1)n1ccnc1Br. The van der Waals surface area contributed by atoms with Crippen LogP contribution in [0.3, 0.4) is 0 Å². The van der Waals surface area contributed by atoms with Crippen molar-refractivity contribution in [2.75, 3.05) is 0 Å². The number of imidazole rings is 1. The summed E-state index contributed by atoms with van der Waals surface area (Å²) < 4.78 is 2.96. The Kier molecular flexibility index (Phi) is 2.68. The van der Waals surface area contributed by atoms with E-state index in [2.05, 4.69) is 56.7 Å². The zero-order valence-corrected chi connectivity index (χ0v) is 9.48. The molecular weight excluding hydrogens is 240 g/mol. The molecule has 2 rings (SSSR count). The van der Waals surface area contributed by atoms with Gasteiger partial charge in [0.1, 0.15) is 0 Å². The van der Waals surface area contributed by atoms with E-state index in [1.807, 2.05) is 12.3 Å². The highest BCUT2D eigenvalue weighted by Crippen LogP contribution is 2.21. The molecule has 3 heteroatoms. The quantitative estimate of drug-likeness (QED) is 0.801. The summed E-state index contributed by atoms with van der Waals surface area (Å²) in [5.74, 6) is 0. The monoisotopic (exact) mass is 250 g/mol. The molecule has 0 aliphatic heterocycles. The van der Waals surface area contributed by atoms with Gasteiger partial charge in [-0.15, -0.1) is 0 Å². The maximum atomic E-state index is 4.14. The number of aromatic nitrogens is 2. The van der Waals surface area contributed by atoms with E-state index in [9.17, 15) is 0 Å². The Balaban J connectivity index is 2.34. The van der Waals surface area contributed by atoms with Crippen molar-refractivity contribution in [1.82, 2.24) is 9.55 Å². The highest BCUT2D eigenvalue weighted by Gasteiger charge is 2.08. The summed E-state index contributed by atoms with van der Waals surface area (Å²) in [6.07, 6.45) is 3.77. The van der Waals surface area contributed by atoms with Gasteiger partial charge in [0.05, 0.1) is 6.04 Å². The Hall–Kier alpha value is -1.09. The molecule has 2 nitrogen and oxygen atoms in total. The van der Waals surface area contributed by atoms with Crippen molar-refractivity contribution in [3.8, 4) is 0 Å². The molecule has 1 aromatic heterocycles. The lowest BCUT2D eigenvalue weighted by atomic mass is 10.1. The lowest BCUT2D eigenvalue weighted by Gasteiger charge is -2.14. The molecule has 72 valence electrons. The largest absolute Gasteiger partial charge is 0.318 e. The smallest absolute Gasteiger partial charge is 0.177 e. The predicted octanol–water partition coefficient (Wildman–Crippen LogP) is 3.25. The predicted molar refractivity (Wildman–Crippen MR) is 60.2 cm³/mol. The first kappa shape index (κ1) is 9.46. The van der Waals surface area contributed by atoms with Crippen LogP contribution in [0.2, 0.25) is 0 Å². The Morgan fingerprint density at radius 1 is 1.29 bits per heavy atom. The topological polar surface area (TPSA) is 17.8 Å². The van der Waals surface area contributed by atoms with Crippen LogP contribution in [-0.2, 0) is 0 Å². The van der Waals surface area contributed by atoms with Crippen LogP contribution in [0.4, 0.5) is 0 Å². The Labute approximate surface area is 91.7 Å². The maximum absolute atomic E-state index is 4.14. The molecule has 0 aliphatic rings. The average Bonchev–Trinajstić information content (AvgIpc) is 2.65. The minimum Gasteiger partial charge on any atom is -0.318 e. The van der Waals surface area contributed by atoms with Crippen molar-refractivity contribution >= 4 is 15.9 Å². The molecule has 0 aliphatic carbocycles. The molecule has 1 heterocycles. The van der Waals surface area contributed by atoms with Crippen molar-refractivity contribution in [2.24, 2.45) is 0 Å². The highest BCUT2D eigenvalue weighted by molar-refractivity contribution is 9.10. The lowest BCUT2D eigenvalue weighted by Crippen LogP contribution is -2.05. The van der Waals surface area contributed by atoms with E-state index in [0.29, 0.717) is 6.04 Å². The molecule has 14 heavy (non-hydrogen) atoms. The summed E-state index contributed by atoms with van der Waals surface area (Å²) >= 11 is 3.42. The summed E-state index contributed by atoms with van der Waals surface area (Å²) in [7, 11) is 0. The van der Waals surface area contributed by atoms with Gasteiger partial charge in [0.15, 0.2) is 4.73 Å². The van der Waals surface area contributed by atoms with E-state index >= 15 is 0 Å². The number of hydrogen-bond donors (Lipinski definition) is 0. The van der Waals surface area contributed by atoms with Gasteiger partial charge in [-0.3, -0.25) is 0 Å². The molecule has 0 saturated heterocycles. The zero-order valence-electron chi connectivity index (χ0n) is 7.89. The van der Waals surface area contributed by atoms with E-state index in [-0.39, 0.29) is 0 Å². The lowest BCUT2D eigenvalue weighted by molar-refractivity contribution is 0.624. The fourth-order valence-corrected chi connectivity index (χ4v) is 2.02. The van der Waals surface area contributed by atoms with Gasteiger partial charge >= 0.3 is 0 Å². The summed E-state index contributed by atoms with van der Waals surface area (Å²) in [6, 6.07) is 10.7. The van der Waals surface area contributed by atoms with E-state index in [0.717, 1.165) is 4.73 Å². The van der Waals surface area contributed by atoms with Gasteiger partial charge in [-0.05, 0) is 28.4 Å². The minimum atomic E-state index is 0.313. The van der Waals surface area contributed by atoms with Crippen molar-refractivity contribution in [1.29, 1.82) is 0 Å². The Morgan fingerprint density at radius 3 is 2.57 bits per heavy atom. The van der Waals surface area contributed by atoms with Gasteiger partial charge in [-0.25, -0.2) is 4.98 Å². The minimum absolute atomic E-state index is 0.313. The maximum Gasteiger partial charge on any atom is 0.177 e. The molecule has 1 aromatic carbocycles. The molecule has 0 radical (unpaired) electrons. The molecular formula is C11H11BrN2. The van der Waals surface area contributed by atoms with Crippen LogP contribution in [0.1, 0.15) is 18.5 Å². The second-order valence-corrected chi connectivity index (χ2v) is 3.90. The van der Waals surface area contributed by atoms with Gasteiger partial charge in [-0.1, -0.05) is 30.3 Å².